The van der Waals surface area contributed by atoms with Gasteiger partial charge in [0.2, 0.25) is 0 Å². The van der Waals surface area contributed by atoms with Gasteiger partial charge in [0.05, 0.1) is 11.4 Å². The molecular weight excluding hydrogens is 396 g/mol. The molecule has 8 nitrogen and oxygen atoms in total. The molecule has 0 bridgehead atoms. The number of benzene rings is 2. The first-order valence-corrected chi connectivity index (χ1v) is 9.62. The van der Waals surface area contributed by atoms with Crippen LogP contribution in [-0.2, 0) is 9.53 Å². The minimum Gasteiger partial charge on any atom is -0.455 e. The first-order chi connectivity index (χ1) is 15.0. The van der Waals surface area contributed by atoms with Crippen molar-refractivity contribution in [2.75, 3.05) is 11.9 Å². The van der Waals surface area contributed by atoms with Crippen LogP contribution in [-0.4, -0.2) is 33.1 Å². The molecule has 0 radical (unpaired) electrons. The van der Waals surface area contributed by atoms with Crippen LogP contribution in [0.2, 0.25) is 0 Å². The molecule has 31 heavy (non-hydrogen) atoms. The number of hydrogen-bond donors (Lipinski definition) is 1. The van der Waals surface area contributed by atoms with E-state index >= 15 is 0 Å². The van der Waals surface area contributed by atoms with E-state index in [-0.39, 0.29) is 5.56 Å². The highest BCUT2D eigenvalue weighted by Gasteiger charge is 2.20. The average molecular weight is 416 g/mol. The van der Waals surface area contributed by atoms with Gasteiger partial charge in [0.1, 0.15) is 11.3 Å². The Morgan fingerprint density at radius 1 is 1.03 bits per heavy atom. The van der Waals surface area contributed by atoms with Gasteiger partial charge < -0.3 is 14.8 Å². The van der Waals surface area contributed by atoms with Crippen LogP contribution in [0.4, 0.5) is 5.69 Å². The molecule has 4 rings (SSSR count). The molecule has 0 aliphatic heterocycles. The van der Waals surface area contributed by atoms with E-state index in [1.165, 1.54) is 4.52 Å². The molecule has 0 aliphatic carbocycles. The van der Waals surface area contributed by atoms with Gasteiger partial charge in [-0.15, -0.1) is 0 Å². The Morgan fingerprint density at radius 2 is 1.81 bits per heavy atom. The van der Waals surface area contributed by atoms with Gasteiger partial charge >= 0.3 is 5.97 Å². The second-order valence-corrected chi connectivity index (χ2v) is 6.88. The molecule has 156 valence electrons. The number of aryl methyl sites for hydroxylation is 2. The van der Waals surface area contributed by atoms with Crippen LogP contribution in [0.5, 0.6) is 11.5 Å². The number of anilines is 1. The van der Waals surface area contributed by atoms with Crippen molar-refractivity contribution in [3.05, 3.63) is 83.8 Å². The van der Waals surface area contributed by atoms with Crippen LogP contribution in [0.3, 0.4) is 0 Å². The maximum atomic E-state index is 12.5. The number of hydrogen-bond acceptors (Lipinski definition) is 6. The Balaban J connectivity index is 1.42. The summed E-state index contributed by atoms with van der Waals surface area (Å²) in [6.07, 6.45) is 3.24. The van der Waals surface area contributed by atoms with Crippen molar-refractivity contribution in [3.8, 4) is 11.5 Å². The number of carbonyl (C=O) groups is 2. The molecule has 2 aromatic carbocycles. The van der Waals surface area contributed by atoms with E-state index < -0.39 is 18.5 Å². The van der Waals surface area contributed by atoms with Gasteiger partial charge in [-0.1, -0.05) is 29.8 Å². The third kappa shape index (κ3) is 4.53. The summed E-state index contributed by atoms with van der Waals surface area (Å²) >= 11 is 0. The van der Waals surface area contributed by atoms with Crippen LogP contribution in [0.15, 0.2) is 67.0 Å². The SMILES string of the molecule is Cc1ccc(Oc2ccccc2NC(=O)COC(=O)c2c(C)nn3cccnc23)cc1. The number of nitrogens with zero attached hydrogens (tertiary/aromatic N) is 3. The summed E-state index contributed by atoms with van der Waals surface area (Å²) in [7, 11) is 0. The van der Waals surface area contributed by atoms with Gasteiger partial charge in [0.25, 0.3) is 5.91 Å². The summed E-state index contributed by atoms with van der Waals surface area (Å²) in [5, 5.41) is 6.94. The molecule has 1 N–H and O–H groups in total. The molecule has 0 aliphatic rings. The maximum Gasteiger partial charge on any atom is 0.344 e. The van der Waals surface area contributed by atoms with Crippen molar-refractivity contribution < 1.29 is 19.1 Å². The maximum absolute atomic E-state index is 12.5. The average Bonchev–Trinajstić information content (AvgIpc) is 3.11. The van der Waals surface area contributed by atoms with E-state index in [9.17, 15) is 9.59 Å². The third-order valence-electron chi connectivity index (χ3n) is 4.52. The number of amides is 1. The van der Waals surface area contributed by atoms with E-state index in [2.05, 4.69) is 15.4 Å². The highest BCUT2D eigenvalue weighted by atomic mass is 16.5. The number of nitrogens with one attached hydrogen (secondary N) is 1. The van der Waals surface area contributed by atoms with Gasteiger partial charge in [0.15, 0.2) is 18.0 Å². The molecule has 0 fully saturated rings. The van der Waals surface area contributed by atoms with E-state index in [1.807, 2.05) is 31.2 Å². The number of ether oxygens (including phenoxy) is 2. The van der Waals surface area contributed by atoms with E-state index in [1.54, 1.807) is 49.6 Å². The molecule has 1 amide bonds. The summed E-state index contributed by atoms with van der Waals surface area (Å²) in [6.45, 7) is 3.22. The fraction of sp³-hybridized carbons (Fsp3) is 0.130. The van der Waals surface area contributed by atoms with Crippen LogP contribution < -0.4 is 10.1 Å². The number of aromatic nitrogens is 3. The zero-order valence-corrected chi connectivity index (χ0v) is 17.0. The van der Waals surface area contributed by atoms with Crippen molar-refractivity contribution in [1.29, 1.82) is 0 Å². The number of fused-ring (bicyclic) bond motifs is 1. The highest BCUT2D eigenvalue weighted by molar-refractivity contribution is 5.99. The van der Waals surface area contributed by atoms with E-state index in [0.717, 1.165) is 5.56 Å². The highest BCUT2D eigenvalue weighted by Crippen LogP contribution is 2.29. The number of rotatable bonds is 6. The van der Waals surface area contributed by atoms with Gasteiger partial charge in [-0.2, -0.15) is 5.10 Å². The minimum atomic E-state index is -0.662. The quantitative estimate of drug-likeness (QED) is 0.479. The molecular formula is C23H20N4O4. The molecule has 2 heterocycles. The zero-order chi connectivity index (χ0) is 21.8. The Hall–Kier alpha value is -4.20. The summed E-state index contributed by atoms with van der Waals surface area (Å²) in [5.41, 5.74) is 2.67. The Kier molecular flexibility index (Phi) is 5.61. The summed E-state index contributed by atoms with van der Waals surface area (Å²) in [5.74, 6) is -0.0237. The van der Waals surface area contributed by atoms with Gasteiger partial charge in [-0.05, 0) is 44.2 Å². The minimum absolute atomic E-state index is 0.233. The molecule has 8 heteroatoms. The molecule has 4 aromatic rings. The second-order valence-electron chi connectivity index (χ2n) is 6.88. The van der Waals surface area contributed by atoms with Crippen LogP contribution >= 0.6 is 0 Å². The second kappa shape index (κ2) is 8.66. The first-order valence-electron chi connectivity index (χ1n) is 9.62. The van der Waals surface area contributed by atoms with Gasteiger partial charge in [-0.3, -0.25) is 4.79 Å². The Bertz CT molecular complexity index is 1250. The fourth-order valence-corrected chi connectivity index (χ4v) is 3.02. The molecule has 0 unspecified atom stereocenters. The van der Waals surface area contributed by atoms with Crippen molar-refractivity contribution in [2.45, 2.75) is 13.8 Å². The summed E-state index contributed by atoms with van der Waals surface area (Å²) < 4.78 is 12.6. The number of para-hydroxylation sites is 2. The monoisotopic (exact) mass is 416 g/mol. The molecule has 2 aromatic heterocycles. The molecule has 0 saturated heterocycles. The topological polar surface area (TPSA) is 94.8 Å². The Labute approximate surface area is 178 Å². The number of esters is 1. The third-order valence-corrected chi connectivity index (χ3v) is 4.52. The fourth-order valence-electron chi connectivity index (χ4n) is 3.02. The van der Waals surface area contributed by atoms with Crippen LogP contribution in [0.1, 0.15) is 21.6 Å². The molecule has 0 spiro atoms. The smallest absolute Gasteiger partial charge is 0.344 e. The lowest BCUT2D eigenvalue weighted by molar-refractivity contribution is -0.119. The predicted octanol–water partition coefficient (Wildman–Crippen LogP) is 3.93. The predicted molar refractivity (Wildman–Crippen MR) is 114 cm³/mol. The Morgan fingerprint density at radius 3 is 2.61 bits per heavy atom. The lowest BCUT2D eigenvalue weighted by Crippen LogP contribution is -2.21. The standard InChI is InChI=1S/C23H20N4O4/c1-15-8-10-17(11-9-15)31-19-7-4-3-6-18(19)25-20(28)14-30-23(29)21-16(2)26-27-13-5-12-24-22(21)27/h3-13H,14H2,1-2H3,(H,25,28). The zero-order valence-electron chi connectivity index (χ0n) is 17.0. The normalized spacial score (nSPS) is 10.6. The van der Waals surface area contributed by atoms with Crippen molar-refractivity contribution >= 4 is 23.2 Å². The van der Waals surface area contributed by atoms with Gasteiger partial charge in [0, 0.05) is 12.4 Å². The summed E-state index contributed by atoms with van der Waals surface area (Å²) in [4.78, 5) is 29.1. The van der Waals surface area contributed by atoms with Crippen LogP contribution in [0.25, 0.3) is 5.65 Å². The van der Waals surface area contributed by atoms with Crippen molar-refractivity contribution in [1.82, 2.24) is 14.6 Å². The molecule has 0 atom stereocenters. The van der Waals surface area contributed by atoms with Crippen molar-refractivity contribution in [2.24, 2.45) is 0 Å². The largest absolute Gasteiger partial charge is 0.455 e. The lowest BCUT2D eigenvalue weighted by Gasteiger charge is -2.12. The van der Waals surface area contributed by atoms with E-state index in [0.29, 0.717) is 28.5 Å². The van der Waals surface area contributed by atoms with E-state index in [4.69, 9.17) is 9.47 Å². The van der Waals surface area contributed by atoms with Crippen LogP contribution in [0, 0.1) is 13.8 Å². The number of carbonyl (C=O) groups excluding carboxylic acids is 2. The van der Waals surface area contributed by atoms with Gasteiger partial charge in [-0.25, -0.2) is 14.3 Å². The summed E-state index contributed by atoms with van der Waals surface area (Å²) in [6, 6.07) is 16.3. The molecule has 0 saturated carbocycles. The lowest BCUT2D eigenvalue weighted by atomic mass is 10.2. The van der Waals surface area contributed by atoms with Crippen molar-refractivity contribution in [3.63, 3.8) is 0 Å². The first kappa shape index (κ1) is 20.1.